The Morgan fingerprint density at radius 2 is 1.86 bits per heavy atom. The molecule has 0 aliphatic carbocycles. The first-order chi connectivity index (χ1) is 6.45. The zero-order valence-electron chi connectivity index (χ0n) is 7.97. The van der Waals surface area contributed by atoms with E-state index in [4.69, 9.17) is 0 Å². The zero-order valence-corrected chi connectivity index (χ0v) is 9.68. The van der Waals surface area contributed by atoms with Crippen molar-refractivity contribution in [3.8, 4) is 0 Å². The first-order valence-corrected chi connectivity index (χ1v) is 4.56. The topological polar surface area (TPSA) is 3.24 Å². The number of hydrogen-bond acceptors (Lipinski definition) is 1. The van der Waals surface area contributed by atoms with Crippen LogP contribution in [0, 0.1) is 0 Å². The van der Waals surface area contributed by atoms with Gasteiger partial charge in [-0.2, -0.15) is 0 Å². The summed E-state index contributed by atoms with van der Waals surface area (Å²) in [5, 5.41) is 0. The maximum absolute atomic E-state index is 2.29. The predicted molar refractivity (Wildman–Crippen MR) is 65.5 cm³/mol. The van der Waals surface area contributed by atoms with Crippen molar-refractivity contribution < 1.29 is 0 Å². The fourth-order valence-electron chi connectivity index (χ4n) is 1.44. The van der Waals surface area contributed by atoms with Gasteiger partial charge in [-0.25, -0.2) is 0 Å². The molecule has 0 fully saturated rings. The van der Waals surface area contributed by atoms with Gasteiger partial charge < -0.3 is 4.90 Å². The summed E-state index contributed by atoms with van der Waals surface area (Å²) >= 11 is 0. The van der Waals surface area contributed by atoms with Gasteiger partial charge in [-0.1, -0.05) is 42.5 Å². The number of rotatable bonds is 2. The minimum atomic E-state index is 0. The van der Waals surface area contributed by atoms with Crippen molar-refractivity contribution in [2.75, 3.05) is 6.54 Å². The van der Waals surface area contributed by atoms with Gasteiger partial charge in [0.15, 0.2) is 0 Å². The van der Waals surface area contributed by atoms with E-state index in [1.165, 1.54) is 5.56 Å². The number of nitrogens with zero attached hydrogens (tertiary/aromatic N) is 1. The maximum Gasteiger partial charge on any atom is 0.0427 e. The second kappa shape index (κ2) is 5.66. The zero-order chi connectivity index (χ0) is 8.93. The summed E-state index contributed by atoms with van der Waals surface area (Å²) in [4.78, 5) is 2.29. The average Bonchev–Trinajstić information content (AvgIpc) is 2.21. The van der Waals surface area contributed by atoms with Crippen LogP contribution in [0.5, 0.6) is 0 Å². The minimum Gasteiger partial charge on any atom is -0.369 e. The van der Waals surface area contributed by atoms with Gasteiger partial charge in [0.1, 0.15) is 0 Å². The first-order valence-electron chi connectivity index (χ1n) is 4.56. The summed E-state index contributed by atoms with van der Waals surface area (Å²) in [5.41, 5.74) is 1.36. The molecule has 0 atom stereocenters. The van der Waals surface area contributed by atoms with Crippen LogP contribution < -0.4 is 0 Å². The van der Waals surface area contributed by atoms with Crippen molar-refractivity contribution in [3.63, 3.8) is 0 Å². The number of hydrogen-bond donors (Lipinski definition) is 0. The average molecular weight is 252 g/mol. The number of allylic oxidation sites excluding steroid dienone is 2. The van der Waals surface area contributed by atoms with Crippen molar-refractivity contribution in [1.82, 2.24) is 4.90 Å². The summed E-state index contributed by atoms with van der Waals surface area (Å²) in [6, 6.07) is 10.5. The van der Waals surface area contributed by atoms with Gasteiger partial charge in [-0.3, -0.25) is 0 Å². The van der Waals surface area contributed by atoms with Gasteiger partial charge in [-0.15, -0.1) is 17.0 Å². The molecule has 74 valence electrons. The van der Waals surface area contributed by atoms with E-state index in [-0.39, 0.29) is 17.0 Å². The van der Waals surface area contributed by atoms with E-state index in [0.717, 1.165) is 13.1 Å². The maximum atomic E-state index is 2.29. The van der Waals surface area contributed by atoms with Crippen LogP contribution >= 0.6 is 17.0 Å². The lowest BCUT2D eigenvalue weighted by Crippen LogP contribution is -2.17. The fourth-order valence-corrected chi connectivity index (χ4v) is 1.44. The molecule has 0 saturated carbocycles. The Labute approximate surface area is 95.5 Å². The van der Waals surface area contributed by atoms with Gasteiger partial charge in [-0.05, 0) is 17.8 Å². The highest BCUT2D eigenvalue weighted by Crippen LogP contribution is 2.06. The van der Waals surface area contributed by atoms with Crippen molar-refractivity contribution in [3.05, 3.63) is 60.3 Å². The third-order valence-corrected chi connectivity index (χ3v) is 2.11. The Balaban J connectivity index is 0.000000980. The van der Waals surface area contributed by atoms with Crippen LogP contribution in [-0.4, -0.2) is 11.4 Å². The minimum absolute atomic E-state index is 0. The smallest absolute Gasteiger partial charge is 0.0427 e. The third-order valence-electron chi connectivity index (χ3n) is 2.11. The van der Waals surface area contributed by atoms with E-state index >= 15 is 0 Å². The summed E-state index contributed by atoms with van der Waals surface area (Å²) in [5.74, 6) is 0. The molecule has 1 aromatic rings. The monoisotopic (exact) mass is 251 g/mol. The molecule has 1 aliphatic rings. The highest BCUT2D eigenvalue weighted by Gasteiger charge is 1.99. The summed E-state index contributed by atoms with van der Waals surface area (Å²) in [6.07, 6.45) is 8.46. The van der Waals surface area contributed by atoms with Crippen molar-refractivity contribution >= 4 is 17.0 Å². The molecule has 0 radical (unpaired) electrons. The Bertz CT molecular complexity index is 316. The summed E-state index contributed by atoms with van der Waals surface area (Å²) in [6.45, 7) is 2.02. The lowest BCUT2D eigenvalue weighted by molar-refractivity contribution is 0.405. The van der Waals surface area contributed by atoms with Crippen LogP contribution in [0.4, 0.5) is 0 Å². The van der Waals surface area contributed by atoms with E-state index < -0.39 is 0 Å². The standard InChI is InChI=1S/C12H13N.BrH/c1-3-7-12(8-4-1)11-13-9-5-2-6-10-13;/h1-9H,10-11H2;1H. The van der Waals surface area contributed by atoms with Crippen molar-refractivity contribution in [2.45, 2.75) is 6.54 Å². The molecule has 1 nitrogen and oxygen atoms in total. The van der Waals surface area contributed by atoms with Crippen molar-refractivity contribution in [2.24, 2.45) is 0 Å². The molecule has 1 heterocycles. The highest BCUT2D eigenvalue weighted by molar-refractivity contribution is 8.93. The molecule has 0 amide bonds. The number of benzene rings is 1. The molecule has 0 bridgehead atoms. The molecule has 2 heteroatoms. The van der Waals surface area contributed by atoms with E-state index in [0.29, 0.717) is 0 Å². The normalized spacial score (nSPS) is 13.9. The molecule has 2 rings (SSSR count). The van der Waals surface area contributed by atoms with Gasteiger partial charge in [0.25, 0.3) is 0 Å². The van der Waals surface area contributed by atoms with E-state index in [1.54, 1.807) is 0 Å². The van der Waals surface area contributed by atoms with Gasteiger partial charge in [0.2, 0.25) is 0 Å². The van der Waals surface area contributed by atoms with E-state index in [2.05, 4.69) is 59.7 Å². The molecule has 0 spiro atoms. The van der Waals surface area contributed by atoms with E-state index in [1.807, 2.05) is 0 Å². The fraction of sp³-hybridized carbons (Fsp3) is 0.167. The Kier molecular flexibility index (Phi) is 4.47. The van der Waals surface area contributed by atoms with Crippen LogP contribution in [0.3, 0.4) is 0 Å². The highest BCUT2D eigenvalue weighted by atomic mass is 79.9. The lowest BCUT2D eigenvalue weighted by Gasteiger charge is -2.20. The van der Waals surface area contributed by atoms with Crippen LogP contribution in [-0.2, 0) is 6.54 Å². The van der Waals surface area contributed by atoms with Crippen LogP contribution in [0.1, 0.15) is 5.56 Å². The van der Waals surface area contributed by atoms with Gasteiger partial charge in [0.05, 0.1) is 0 Å². The molecule has 0 N–H and O–H groups in total. The molecule has 1 aromatic carbocycles. The quantitative estimate of drug-likeness (QED) is 0.781. The predicted octanol–water partition coefficient (Wildman–Crippen LogP) is 3.15. The Hall–Kier alpha value is -1.02. The van der Waals surface area contributed by atoms with Gasteiger partial charge >= 0.3 is 0 Å². The molecule has 0 saturated heterocycles. The van der Waals surface area contributed by atoms with Crippen LogP contribution in [0.2, 0.25) is 0 Å². The third kappa shape index (κ3) is 3.04. The lowest BCUT2D eigenvalue weighted by atomic mass is 10.2. The molecular weight excluding hydrogens is 238 g/mol. The SMILES string of the molecule is Br.C1=CCN(Cc2ccccc2)C=C1. The summed E-state index contributed by atoms with van der Waals surface area (Å²) < 4.78 is 0. The van der Waals surface area contributed by atoms with Crippen LogP contribution in [0.25, 0.3) is 0 Å². The number of halogens is 1. The second-order valence-electron chi connectivity index (χ2n) is 3.18. The van der Waals surface area contributed by atoms with Crippen molar-refractivity contribution in [1.29, 1.82) is 0 Å². The van der Waals surface area contributed by atoms with E-state index in [9.17, 15) is 0 Å². The van der Waals surface area contributed by atoms with Crippen LogP contribution in [0.15, 0.2) is 54.8 Å². The first kappa shape index (κ1) is 11.1. The largest absolute Gasteiger partial charge is 0.369 e. The second-order valence-corrected chi connectivity index (χ2v) is 3.18. The molecule has 14 heavy (non-hydrogen) atoms. The molecule has 1 aliphatic heterocycles. The molecule has 0 unspecified atom stereocenters. The molecular formula is C12H14BrN. The molecule has 0 aromatic heterocycles. The van der Waals surface area contributed by atoms with Gasteiger partial charge in [0, 0.05) is 13.1 Å². The Morgan fingerprint density at radius 1 is 1.07 bits per heavy atom. The Morgan fingerprint density at radius 3 is 2.50 bits per heavy atom. The summed E-state index contributed by atoms with van der Waals surface area (Å²) in [7, 11) is 0.